The molecule has 2 N–H and O–H groups in total. The highest BCUT2D eigenvalue weighted by atomic mass is 16.1. The van der Waals surface area contributed by atoms with Crippen molar-refractivity contribution in [2.75, 3.05) is 13.1 Å². The van der Waals surface area contributed by atoms with Crippen molar-refractivity contribution in [3.05, 3.63) is 0 Å². The summed E-state index contributed by atoms with van der Waals surface area (Å²) in [5.74, 6) is 0.998. The molecule has 0 radical (unpaired) electrons. The predicted octanol–water partition coefficient (Wildman–Crippen LogP) is 1.82. The summed E-state index contributed by atoms with van der Waals surface area (Å²) in [6.07, 6.45) is 7.74. The number of nitrogens with one attached hydrogen (secondary N) is 2. The summed E-state index contributed by atoms with van der Waals surface area (Å²) in [7, 11) is 0. The minimum atomic E-state index is 0.172. The molecule has 0 aromatic heterocycles. The standard InChI is InChI=1S/C13H24N2O/c1-2-13(7-3-8-13)15-12(16)5-4-11-6-9-14-10-11/h11,14H,2-10H2,1H3,(H,15,16). The van der Waals surface area contributed by atoms with Crippen molar-refractivity contribution in [3.63, 3.8) is 0 Å². The van der Waals surface area contributed by atoms with Crippen LogP contribution in [0.1, 0.15) is 51.9 Å². The Morgan fingerprint density at radius 2 is 2.31 bits per heavy atom. The lowest BCUT2D eigenvalue weighted by molar-refractivity contribution is -0.124. The van der Waals surface area contributed by atoms with Crippen LogP contribution in [0.15, 0.2) is 0 Å². The molecule has 2 rings (SSSR count). The maximum absolute atomic E-state index is 11.8. The first-order valence-corrected chi connectivity index (χ1v) is 6.76. The minimum absolute atomic E-state index is 0.172. The van der Waals surface area contributed by atoms with Crippen molar-refractivity contribution < 1.29 is 4.79 Å². The van der Waals surface area contributed by atoms with Crippen molar-refractivity contribution >= 4 is 5.91 Å². The number of carbonyl (C=O) groups is 1. The van der Waals surface area contributed by atoms with Crippen molar-refractivity contribution in [1.82, 2.24) is 10.6 Å². The Morgan fingerprint density at radius 3 is 2.81 bits per heavy atom. The van der Waals surface area contributed by atoms with Crippen LogP contribution < -0.4 is 10.6 Å². The van der Waals surface area contributed by atoms with E-state index >= 15 is 0 Å². The molecule has 3 nitrogen and oxygen atoms in total. The van der Waals surface area contributed by atoms with Gasteiger partial charge in [0, 0.05) is 12.0 Å². The summed E-state index contributed by atoms with van der Waals surface area (Å²) < 4.78 is 0. The zero-order valence-corrected chi connectivity index (χ0v) is 10.3. The van der Waals surface area contributed by atoms with Gasteiger partial charge in [-0.05, 0) is 57.5 Å². The third-order valence-electron chi connectivity index (χ3n) is 4.33. The first-order chi connectivity index (χ1) is 7.74. The average molecular weight is 224 g/mol. The van der Waals surface area contributed by atoms with Gasteiger partial charge in [0.05, 0.1) is 0 Å². The topological polar surface area (TPSA) is 41.1 Å². The summed E-state index contributed by atoms with van der Waals surface area (Å²) in [6, 6.07) is 0. The number of hydrogen-bond donors (Lipinski definition) is 2. The Labute approximate surface area is 98.4 Å². The molecule has 1 amide bonds. The van der Waals surface area contributed by atoms with Crippen molar-refractivity contribution in [1.29, 1.82) is 0 Å². The molecule has 1 heterocycles. The highest BCUT2D eigenvalue weighted by Gasteiger charge is 2.36. The Hall–Kier alpha value is -0.570. The van der Waals surface area contributed by atoms with Gasteiger partial charge in [-0.25, -0.2) is 0 Å². The maximum Gasteiger partial charge on any atom is 0.220 e. The smallest absolute Gasteiger partial charge is 0.220 e. The van der Waals surface area contributed by atoms with Gasteiger partial charge in [0.25, 0.3) is 0 Å². The fraction of sp³-hybridized carbons (Fsp3) is 0.923. The third kappa shape index (κ3) is 2.76. The van der Waals surface area contributed by atoms with Gasteiger partial charge in [0.1, 0.15) is 0 Å². The van der Waals surface area contributed by atoms with E-state index in [-0.39, 0.29) is 11.4 Å². The van der Waals surface area contributed by atoms with Crippen LogP contribution in [0, 0.1) is 5.92 Å². The summed E-state index contributed by atoms with van der Waals surface area (Å²) in [5, 5.41) is 6.59. The van der Waals surface area contributed by atoms with Crippen LogP contribution in [-0.4, -0.2) is 24.5 Å². The molecule has 1 atom stereocenters. The predicted molar refractivity (Wildman–Crippen MR) is 65.2 cm³/mol. The van der Waals surface area contributed by atoms with Crippen LogP contribution in [0.25, 0.3) is 0 Å². The lowest BCUT2D eigenvalue weighted by Crippen LogP contribution is -2.52. The summed E-state index contributed by atoms with van der Waals surface area (Å²) in [6.45, 7) is 4.41. The van der Waals surface area contributed by atoms with Crippen LogP contribution in [0.2, 0.25) is 0 Å². The number of amides is 1. The molecule has 1 saturated carbocycles. The van der Waals surface area contributed by atoms with E-state index in [4.69, 9.17) is 0 Å². The molecular formula is C13H24N2O. The molecule has 0 aromatic carbocycles. The molecule has 1 aliphatic heterocycles. The Morgan fingerprint density at radius 1 is 1.50 bits per heavy atom. The average Bonchev–Trinajstić information content (AvgIpc) is 2.73. The fourth-order valence-electron chi connectivity index (χ4n) is 2.82. The molecule has 1 saturated heterocycles. The van der Waals surface area contributed by atoms with Crippen molar-refractivity contribution in [2.24, 2.45) is 5.92 Å². The number of hydrogen-bond acceptors (Lipinski definition) is 2. The van der Waals surface area contributed by atoms with E-state index in [9.17, 15) is 4.79 Å². The van der Waals surface area contributed by atoms with Gasteiger partial charge in [-0.2, -0.15) is 0 Å². The van der Waals surface area contributed by atoms with Crippen LogP contribution in [0.3, 0.4) is 0 Å². The van der Waals surface area contributed by atoms with E-state index in [1.165, 1.54) is 25.7 Å². The molecule has 3 heteroatoms. The van der Waals surface area contributed by atoms with Crippen LogP contribution in [-0.2, 0) is 4.79 Å². The highest BCUT2D eigenvalue weighted by molar-refractivity contribution is 5.76. The Balaban J connectivity index is 1.67. The summed E-state index contributed by atoms with van der Waals surface area (Å²) in [4.78, 5) is 11.8. The first-order valence-electron chi connectivity index (χ1n) is 6.76. The third-order valence-corrected chi connectivity index (χ3v) is 4.33. The molecule has 0 spiro atoms. The normalized spacial score (nSPS) is 27.4. The van der Waals surface area contributed by atoms with Gasteiger partial charge in [0.2, 0.25) is 5.91 Å². The van der Waals surface area contributed by atoms with Gasteiger partial charge in [0.15, 0.2) is 0 Å². The molecule has 2 fully saturated rings. The summed E-state index contributed by atoms with van der Waals surface area (Å²) >= 11 is 0. The molecule has 2 aliphatic rings. The Kier molecular flexibility index (Phi) is 3.85. The fourth-order valence-corrected chi connectivity index (χ4v) is 2.82. The van der Waals surface area contributed by atoms with Crippen molar-refractivity contribution in [3.8, 4) is 0 Å². The lowest BCUT2D eigenvalue weighted by Gasteiger charge is -2.42. The molecule has 1 aliphatic carbocycles. The van der Waals surface area contributed by atoms with Gasteiger partial charge in [-0.1, -0.05) is 6.92 Å². The lowest BCUT2D eigenvalue weighted by atomic mass is 9.74. The zero-order chi connectivity index (χ0) is 11.4. The van der Waals surface area contributed by atoms with E-state index in [0.717, 1.165) is 31.8 Å². The molecule has 1 unspecified atom stereocenters. The van der Waals surface area contributed by atoms with Gasteiger partial charge < -0.3 is 10.6 Å². The monoisotopic (exact) mass is 224 g/mol. The van der Waals surface area contributed by atoms with E-state index in [1.807, 2.05) is 0 Å². The Bertz CT molecular complexity index is 237. The molecule has 16 heavy (non-hydrogen) atoms. The van der Waals surface area contributed by atoms with E-state index in [1.54, 1.807) is 0 Å². The summed E-state index contributed by atoms with van der Waals surface area (Å²) in [5.41, 5.74) is 0.172. The second-order valence-corrected chi connectivity index (χ2v) is 5.43. The largest absolute Gasteiger partial charge is 0.351 e. The van der Waals surface area contributed by atoms with E-state index in [0.29, 0.717) is 6.42 Å². The minimum Gasteiger partial charge on any atom is -0.351 e. The maximum atomic E-state index is 11.8. The molecule has 0 bridgehead atoms. The molecular weight excluding hydrogens is 200 g/mol. The number of carbonyl (C=O) groups excluding carboxylic acids is 1. The van der Waals surface area contributed by atoms with E-state index < -0.39 is 0 Å². The van der Waals surface area contributed by atoms with Crippen LogP contribution >= 0.6 is 0 Å². The second kappa shape index (κ2) is 5.17. The SMILES string of the molecule is CCC1(NC(=O)CCC2CCNC2)CCC1. The first kappa shape index (κ1) is 11.9. The molecule has 92 valence electrons. The second-order valence-electron chi connectivity index (χ2n) is 5.43. The number of rotatable bonds is 5. The van der Waals surface area contributed by atoms with E-state index in [2.05, 4.69) is 17.6 Å². The quantitative estimate of drug-likeness (QED) is 0.748. The van der Waals surface area contributed by atoms with Gasteiger partial charge in [-0.15, -0.1) is 0 Å². The molecule has 0 aromatic rings. The van der Waals surface area contributed by atoms with Crippen molar-refractivity contribution in [2.45, 2.75) is 57.4 Å². The van der Waals surface area contributed by atoms with Gasteiger partial charge >= 0.3 is 0 Å². The van der Waals surface area contributed by atoms with Gasteiger partial charge in [-0.3, -0.25) is 4.79 Å². The zero-order valence-electron chi connectivity index (χ0n) is 10.3. The highest BCUT2D eigenvalue weighted by Crippen LogP contribution is 2.34. The van der Waals surface area contributed by atoms with Crippen LogP contribution in [0.5, 0.6) is 0 Å². The van der Waals surface area contributed by atoms with Crippen LogP contribution in [0.4, 0.5) is 0 Å².